The van der Waals surface area contributed by atoms with E-state index in [2.05, 4.69) is 0 Å². The molecule has 1 heterocycles. The van der Waals surface area contributed by atoms with Gasteiger partial charge in [-0.3, -0.25) is 0 Å². The molecule has 0 amide bonds. The van der Waals surface area contributed by atoms with Crippen LogP contribution in [0.25, 0.3) is 10.9 Å². The topological polar surface area (TPSA) is 30.9 Å². The van der Waals surface area contributed by atoms with Crippen molar-refractivity contribution in [3.8, 4) is 0 Å². The molecule has 0 atom stereocenters. The number of halogens is 3. The van der Waals surface area contributed by atoms with E-state index in [9.17, 15) is 13.2 Å². The van der Waals surface area contributed by atoms with Crippen LogP contribution in [0.4, 0.5) is 13.2 Å². The summed E-state index contributed by atoms with van der Waals surface area (Å²) in [6.45, 7) is 2.96. The minimum absolute atomic E-state index is 0.323. The summed E-state index contributed by atoms with van der Waals surface area (Å²) in [7, 11) is 0. The van der Waals surface area contributed by atoms with Crippen molar-refractivity contribution in [2.45, 2.75) is 26.2 Å². The van der Waals surface area contributed by atoms with E-state index in [1.807, 2.05) is 11.5 Å². The molecule has 5 heteroatoms. The number of hydrogen-bond donors (Lipinski definition) is 1. The zero-order valence-electron chi connectivity index (χ0n) is 9.38. The van der Waals surface area contributed by atoms with Gasteiger partial charge in [0.05, 0.1) is 5.56 Å². The van der Waals surface area contributed by atoms with Crippen molar-refractivity contribution in [2.75, 3.05) is 0 Å². The van der Waals surface area contributed by atoms with Gasteiger partial charge in [-0.2, -0.15) is 13.2 Å². The number of rotatable bonds is 2. The van der Waals surface area contributed by atoms with Crippen LogP contribution in [0.1, 0.15) is 18.2 Å². The van der Waals surface area contributed by atoms with Gasteiger partial charge < -0.3 is 10.3 Å². The van der Waals surface area contributed by atoms with Crippen LogP contribution in [-0.4, -0.2) is 4.57 Å². The first-order valence-corrected chi connectivity index (χ1v) is 5.36. The second-order valence-electron chi connectivity index (χ2n) is 3.86. The number of benzene rings is 1. The zero-order chi connectivity index (χ0) is 12.6. The first-order chi connectivity index (χ1) is 7.97. The summed E-state index contributed by atoms with van der Waals surface area (Å²) in [6.07, 6.45) is -4.30. The van der Waals surface area contributed by atoms with Crippen LogP contribution in [-0.2, 0) is 19.3 Å². The van der Waals surface area contributed by atoms with E-state index in [0.717, 1.165) is 17.3 Å². The van der Waals surface area contributed by atoms with Gasteiger partial charge in [0.15, 0.2) is 0 Å². The van der Waals surface area contributed by atoms with Gasteiger partial charge in [-0.1, -0.05) is 0 Å². The van der Waals surface area contributed by atoms with Crippen molar-refractivity contribution in [3.63, 3.8) is 0 Å². The van der Waals surface area contributed by atoms with Crippen molar-refractivity contribution in [1.29, 1.82) is 0 Å². The molecule has 17 heavy (non-hydrogen) atoms. The molecule has 1 aromatic heterocycles. The molecule has 92 valence electrons. The van der Waals surface area contributed by atoms with E-state index in [1.165, 1.54) is 12.1 Å². The lowest BCUT2D eigenvalue weighted by Crippen LogP contribution is -2.06. The summed E-state index contributed by atoms with van der Waals surface area (Å²) in [5, 5.41) is 0.585. The van der Waals surface area contributed by atoms with Crippen LogP contribution < -0.4 is 5.73 Å². The molecule has 0 fully saturated rings. The molecule has 1 aromatic carbocycles. The third-order valence-electron chi connectivity index (χ3n) is 2.84. The lowest BCUT2D eigenvalue weighted by molar-refractivity contribution is -0.137. The molecule has 0 aliphatic rings. The fraction of sp³-hybridized carbons (Fsp3) is 0.333. The van der Waals surface area contributed by atoms with Crippen molar-refractivity contribution in [3.05, 3.63) is 35.5 Å². The largest absolute Gasteiger partial charge is 0.416 e. The van der Waals surface area contributed by atoms with Crippen molar-refractivity contribution in [1.82, 2.24) is 4.57 Å². The molecule has 0 unspecified atom stereocenters. The predicted molar refractivity (Wildman–Crippen MR) is 60.5 cm³/mol. The number of aromatic nitrogens is 1. The molecule has 0 saturated carbocycles. The molecule has 2 aromatic rings. The van der Waals surface area contributed by atoms with Gasteiger partial charge in [-0.15, -0.1) is 0 Å². The van der Waals surface area contributed by atoms with Crippen LogP contribution in [0.5, 0.6) is 0 Å². The third kappa shape index (κ3) is 2.02. The van der Waals surface area contributed by atoms with Gasteiger partial charge >= 0.3 is 6.18 Å². The Hall–Kier alpha value is -1.49. The van der Waals surface area contributed by atoms with E-state index >= 15 is 0 Å². The fourth-order valence-corrected chi connectivity index (χ4v) is 2.05. The van der Waals surface area contributed by atoms with Gasteiger partial charge in [0.25, 0.3) is 0 Å². The molecule has 0 spiro atoms. The smallest absolute Gasteiger partial charge is 0.344 e. The van der Waals surface area contributed by atoms with Gasteiger partial charge in [0, 0.05) is 29.7 Å². The number of nitrogens with two attached hydrogens (primary N) is 1. The summed E-state index contributed by atoms with van der Waals surface area (Å²) >= 11 is 0. The van der Waals surface area contributed by atoms with E-state index in [1.54, 1.807) is 6.07 Å². The monoisotopic (exact) mass is 242 g/mol. The van der Waals surface area contributed by atoms with Crippen molar-refractivity contribution >= 4 is 10.9 Å². The molecule has 2 rings (SSSR count). The summed E-state index contributed by atoms with van der Waals surface area (Å²) in [4.78, 5) is 0. The Bertz CT molecular complexity index is 540. The lowest BCUT2D eigenvalue weighted by Gasteiger charge is -2.08. The van der Waals surface area contributed by atoms with Gasteiger partial charge in [-0.25, -0.2) is 0 Å². The second kappa shape index (κ2) is 4.07. The average Bonchev–Trinajstić information content (AvgIpc) is 2.64. The molecule has 2 nitrogen and oxygen atoms in total. The van der Waals surface area contributed by atoms with Crippen molar-refractivity contribution < 1.29 is 13.2 Å². The minimum Gasteiger partial charge on any atom is -0.344 e. The van der Waals surface area contributed by atoms with Crippen molar-refractivity contribution in [2.24, 2.45) is 5.73 Å². The quantitative estimate of drug-likeness (QED) is 0.861. The summed E-state index contributed by atoms with van der Waals surface area (Å²) < 4.78 is 39.6. The normalized spacial score (nSPS) is 12.3. The Morgan fingerprint density at radius 1 is 1.24 bits per heavy atom. The lowest BCUT2D eigenvalue weighted by atomic mass is 10.1. The molecule has 2 N–H and O–H groups in total. The number of nitrogens with zero attached hydrogens (tertiary/aromatic N) is 1. The maximum Gasteiger partial charge on any atom is 0.416 e. The molecule has 0 bridgehead atoms. The number of alkyl halides is 3. The average molecular weight is 242 g/mol. The number of hydrogen-bond acceptors (Lipinski definition) is 1. The van der Waals surface area contributed by atoms with E-state index in [0.29, 0.717) is 18.5 Å². The Kier molecular flexibility index (Phi) is 2.87. The van der Waals surface area contributed by atoms with Crippen LogP contribution in [0.3, 0.4) is 0 Å². The maximum atomic E-state index is 12.6. The van der Waals surface area contributed by atoms with E-state index in [-0.39, 0.29) is 0 Å². The third-order valence-corrected chi connectivity index (χ3v) is 2.84. The van der Waals surface area contributed by atoms with Crippen LogP contribution in [0.15, 0.2) is 24.3 Å². The number of fused-ring (bicyclic) bond motifs is 1. The SMILES string of the molecule is CCn1c(CN)cc2cc(C(F)(F)F)ccc21. The Labute approximate surface area is 96.8 Å². The summed E-state index contributed by atoms with van der Waals surface area (Å²) in [5.41, 5.74) is 6.59. The molecule has 0 saturated heterocycles. The molecule has 0 radical (unpaired) electrons. The summed E-state index contributed by atoms with van der Waals surface area (Å²) in [5.74, 6) is 0. The molecule has 0 aliphatic heterocycles. The van der Waals surface area contributed by atoms with Gasteiger partial charge in [-0.05, 0) is 31.2 Å². The first kappa shape index (κ1) is 12.0. The van der Waals surface area contributed by atoms with E-state index < -0.39 is 11.7 Å². The Morgan fingerprint density at radius 3 is 2.47 bits per heavy atom. The fourth-order valence-electron chi connectivity index (χ4n) is 2.05. The highest BCUT2D eigenvalue weighted by atomic mass is 19.4. The highest BCUT2D eigenvalue weighted by Gasteiger charge is 2.30. The Balaban J connectivity index is 2.64. The number of aryl methyl sites for hydroxylation is 1. The van der Waals surface area contributed by atoms with Gasteiger partial charge in [0.1, 0.15) is 0 Å². The zero-order valence-corrected chi connectivity index (χ0v) is 9.38. The van der Waals surface area contributed by atoms with E-state index in [4.69, 9.17) is 5.73 Å². The van der Waals surface area contributed by atoms with Crippen LogP contribution in [0.2, 0.25) is 0 Å². The first-order valence-electron chi connectivity index (χ1n) is 5.36. The highest BCUT2D eigenvalue weighted by molar-refractivity contribution is 5.82. The molecule has 0 aliphatic carbocycles. The Morgan fingerprint density at radius 2 is 1.94 bits per heavy atom. The van der Waals surface area contributed by atoms with Gasteiger partial charge in [0.2, 0.25) is 0 Å². The van der Waals surface area contributed by atoms with Crippen LogP contribution in [0, 0.1) is 0 Å². The molecular formula is C12H13F3N2. The standard InChI is InChI=1S/C12H13F3N2/c1-2-17-10(7-16)6-8-5-9(12(13,14)15)3-4-11(8)17/h3-6H,2,7,16H2,1H3. The predicted octanol–water partition coefficient (Wildman–Crippen LogP) is 3.14. The minimum atomic E-state index is -4.30. The summed E-state index contributed by atoms with van der Waals surface area (Å²) in [6, 6.07) is 5.49. The highest BCUT2D eigenvalue weighted by Crippen LogP contribution is 2.32. The van der Waals surface area contributed by atoms with Crippen LogP contribution >= 0.6 is 0 Å². The second-order valence-corrected chi connectivity index (χ2v) is 3.86. The molecular weight excluding hydrogens is 229 g/mol. The maximum absolute atomic E-state index is 12.6.